The maximum Gasteiger partial charge on any atom is 0.221 e. The predicted octanol–water partition coefficient (Wildman–Crippen LogP) is 8.90. The van der Waals surface area contributed by atoms with Crippen LogP contribution in [0.5, 0.6) is 0 Å². The second-order valence-electron chi connectivity index (χ2n) is 8.56. The Labute approximate surface area is 182 Å². The van der Waals surface area contributed by atoms with Crippen molar-refractivity contribution < 1.29 is 4.79 Å². The fourth-order valence-corrected chi connectivity index (χ4v) is 3.83. The van der Waals surface area contributed by atoms with E-state index in [4.69, 9.17) is 11.6 Å². The first-order chi connectivity index (χ1) is 13.7. The van der Waals surface area contributed by atoms with Gasteiger partial charge in [0.25, 0.3) is 0 Å². The van der Waals surface area contributed by atoms with Gasteiger partial charge in [0.15, 0.2) is 0 Å². The molecular formula is C25H50ClNO. The first kappa shape index (κ1) is 27.8. The van der Waals surface area contributed by atoms with Gasteiger partial charge in [-0.3, -0.25) is 4.79 Å². The molecule has 1 unspecified atom stereocenters. The van der Waals surface area contributed by atoms with Crippen molar-refractivity contribution in [3.8, 4) is 0 Å². The highest BCUT2D eigenvalue weighted by molar-refractivity contribution is 6.21. The molecule has 0 bridgehead atoms. The summed E-state index contributed by atoms with van der Waals surface area (Å²) in [6, 6.07) is 0. The Bertz CT molecular complexity index is 322. The van der Waals surface area contributed by atoms with Crippen LogP contribution in [0.25, 0.3) is 0 Å². The van der Waals surface area contributed by atoms with Gasteiger partial charge in [0.05, 0.1) is 0 Å². The largest absolute Gasteiger partial charge is 0.340 e. The summed E-state index contributed by atoms with van der Waals surface area (Å²) < 4.78 is 0. The van der Waals surface area contributed by atoms with Crippen LogP contribution in [0.4, 0.5) is 0 Å². The van der Waals surface area contributed by atoms with Crippen molar-refractivity contribution in [2.75, 3.05) is 0 Å². The average molecular weight is 416 g/mol. The van der Waals surface area contributed by atoms with Crippen LogP contribution >= 0.6 is 11.6 Å². The number of amides is 1. The lowest BCUT2D eigenvalue weighted by Gasteiger charge is -2.09. The van der Waals surface area contributed by atoms with Crippen LogP contribution in [0.1, 0.15) is 149 Å². The molecule has 0 aliphatic carbocycles. The summed E-state index contributed by atoms with van der Waals surface area (Å²) in [5.41, 5.74) is -0.201. The number of carbonyl (C=O) groups is 1. The second-order valence-corrected chi connectivity index (χ2v) is 9.08. The Morgan fingerprint density at radius 1 is 0.607 bits per heavy atom. The highest BCUT2D eigenvalue weighted by Crippen LogP contribution is 2.14. The maximum absolute atomic E-state index is 11.6. The van der Waals surface area contributed by atoms with Gasteiger partial charge in [-0.1, -0.05) is 141 Å². The third-order valence-corrected chi connectivity index (χ3v) is 6.10. The summed E-state index contributed by atoms with van der Waals surface area (Å²) in [7, 11) is 0. The number of alkyl halides is 1. The molecule has 0 saturated heterocycles. The number of carbonyl (C=O) groups excluding carboxylic acids is 1. The molecule has 0 aromatic heterocycles. The molecule has 28 heavy (non-hydrogen) atoms. The Hall–Kier alpha value is -0.240. The molecule has 3 heteroatoms. The topological polar surface area (TPSA) is 29.1 Å². The van der Waals surface area contributed by atoms with Crippen molar-refractivity contribution in [1.29, 1.82) is 0 Å². The van der Waals surface area contributed by atoms with Gasteiger partial charge in [-0.2, -0.15) is 0 Å². The molecule has 0 rings (SSSR count). The second kappa shape index (κ2) is 23.0. The van der Waals surface area contributed by atoms with Crippen molar-refractivity contribution in [3.05, 3.63) is 0 Å². The van der Waals surface area contributed by atoms with Gasteiger partial charge >= 0.3 is 0 Å². The van der Waals surface area contributed by atoms with Crippen LogP contribution in [-0.4, -0.2) is 11.4 Å². The van der Waals surface area contributed by atoms with E-state index in [1.54, 1.807) is 0 Å². The highest BCUT2D eigenvalue weighted by Gasteiger charge is 2.06. The fourth-order valence-electron chi connectivity index (χ4n) is 3.71. The third-order valence-electron chi connectivity index (χ3n) is 5.68. The van der Waals surface area contributed by atoms with E-state index in [2.05, 4.69) is 12.2 Å². The van der Waals surface area contributed by atoms with Crippen LogP contribution < -0.4 is 5.32 Å². The summed E-state index contributed by atoms with van der Waals surface area (Å²) >= 11 is 5.92. The molecule has 0 aliphatic heterocycles. The van der Waals surface area contributed by atoms with Crippen molar-refractivity contribution in [3.63, 3.8) is 0 Å². The van der Waals surface area contributed by atoms with Crippen LogP contribution in [0.15, 0.2) is 0 Å². The molecule has 0 heterocycles. The molecule has 0 saturated carbocycles. The zero-order valence-electron chi connectivity index (χ0n) is 19.2. The van der Waals surface area contributed by atoms with E-state index < -0.39 is 0 Å². The summed E-state index contributed by atoms with van der Waals surface area (Å²) in [5.74, 6) is 0.105. The number of hydrogen-bond donors (Lipinski definition) is 1. The van der Waals surface area contributed by atoms with E-state index in [-0.39, 0.29) is 11.4 Å². The SMILES string of the molecule is CCCCCCCCCCCCCCCCCCCCCC(=O)NC(Cl)CC. The average Bonchev–Trinajstić information content (AvgIpc) is 2.69. The van der Waals surface area contributed by atoms with E-state index in [9.17, 15) is 4.79 Å². The van der Waals surface area contributed by atoms with E-state index in [0.717, 1.165) is 12.8 Å². The van der Waals surface area contributed by atoms with Crippen LogP contribution in [0, 0.1) is 0 Å². The summed E-state index contributed by atoms with van der Waals surface area (Å²) in [4.78, 5) is 11.6. The van der Waals surface area contributed by atoms with E-state index in [1.807, 2.05) is 6.92 Å². The quantitative estimate of drug-likeness (QED) is 0.107. The van der Waals surface area contributed by atoms with Crippen molar-refractivity contribution in [1.82, 2.24) is 5.32 Å². The standard InChI is InChI=1S/C25H50ClNO/c1-3-5-6-7-8-9-10-11-12-13-14-15-16-17-18-19-20-21-22-23-25(28)27-24(26)4-2/h24H,3-23H2,1-2H3,(H,27,28). The predicted molar refractivity (Wildman–Crippen MR) is 126 cm³/mol. The van der Waals surface area contributed by atoms with Crippen LogP contribution in [-0.2, 0) is 4.79 Å². The molecule has 1 amide bonds. The molecule has 0 aromatic carbocycles. The minimum atomic E-state index is -0.201. The summed E-state index contributed by atoms with van der Waals surface area (Å²) in [5, 5.41) is 2.81. The maximum atomic E-state index is 11.6. The van der Waals surface area contributed by atoms with Crippen molar-refractivity contribution in [2.24, 2.45) is 0 Å². The Morgan fingerprint density at radius 2 is 0.929 bits per heavy atom. The molecule has 1 atom stereocenters. The molecule has 2 nitrogen and oxygen atoms in total. The normalized spacial score (nSPS) is 12.2. The van der Waals surface area contributed by atoms with Gasteiger partial charge in [-0.05, 0) is 12.8 Å². The van der Waals surface area contributed by atoms with Gasteiger partial charge in [0.1, 0.15) is 5.50 Å². The lowest BCUT2D eigenvalue weighted by atomic mass is 10.0. The van der Waals surface area contributed by atoms with Crippen molar-refractivity contribution in [2.45, 2.75) is 154 Å². The molecule has 0 aromatic rings. The number of halogens is 1. The van der Waals surface area contributed by atoms with Crippen molar-refractivity contribution >= 4 is 17.5 Å². The Morgan fingerprint density at radius 3 is 1.25 bits per heavy atom. The lowest BCUT2D eigenvalue weighted by molar-refractivity contribution is -0.121. The number of rotatable bonds is 22. The number of nitrogens with one attached hydrogen (secondary N) is 1. The highest BCUT2D eigenvalue weighted by atomic mass is 35.5. The minimum Gasteiger partial charge on any atom is -0.340 e. The Kier molecular flexibility index (Phi) is 22.8. The van der Waals surface area contributed by atoms with E-state index in [1.165, 1.54) is 116 Å². The summed E-state index contributed by atoms with van der Waals surface area (Å²) in [6.07, 6.45) is 27.6. The summed E-state index contributed by atoms with van der Waals surface area (Å²) in [6.45, 7) is 4.27. The van der Waals surface area contributed by atoms with Gasteiger partial charge in [0, 0.05) is 6.42 Å². The van der Waals surface area contributed by atoms with Crippen LogP contribution in [0.2, 0.25) is 0 Å². The zero-order valence-corrected chi connectivity index (χ0v) is 20.0. The van der Waals surface area contributed by atoms with E-state index in [0.29, 0.717) is 6.42 Å². The van der Waals surface area contributed by atoms with E-state index >= 15 is 0 Å². The zero-order chi connectivity index (χ0) is 20.7. The van der Waals surface area contributed by atoms with Gasteiger partial charge in [0.2, 0.25) is 5.91 Å². The van der Waals surface area contributed by atoms with Crippen LogP contribution in [0.3, 0.4) is 0 Å². The molecule has 0 fully saturated rings. The Balaban J connectivity index is 3.09. The van der Waals surface area contributed by atoms with Gasteiger partial charge in [-0.15, -0.1) is 0 Å². The van der Waals surface area contributed by atoms with Gasteiger partial charge in [-0.25, -0.2) is 0 Å². The molecule has 0 spiro atoms. The molecule has 0 radical (unpaired) electrons. The third kappa shape index (κ3) is 22.1. The fraction of sp³-hybridized carbons (Fsp3) is 0.960. The molecule has 1 N–H and O–H groups in total. The monoisotopic (exact) mass is 415 g/mol. The number of hydrogen-bond acceptors (Lipinski definition) is 1. The molecule has 0 aliphatic rings. The number of unbranched alkanes of at least 4 members (excludes halogenated alkanes) is 18. The first-order valence-corrected chi connectivity index (χ1v) is 13.1. The molecule has 168 valence electrons. The minimum absolute atomic E-state index is 0.105. The first-order valence-electron chi connectivity index (χ1n) is 12.6. The molecular weight excluding hydrogens is 366 g/mol. The smallest absolute Gasteiger partial charge is 0.221 e. The van der Waals surface area contributed by atoms with Gasteiger partial charge < -0.3 is 5.32 Å². The lowest BCUT2D eigenvalue weighted by Crippen LogP contribution is -2.29.